The molecular formula is C20H25N3O3. The lowest BCUT2D eigenvalue weighted by Crippen LogP contribution is -2.42. The predicted molar refractivity (Wildman–Crippen MR) is 96.3 cm³/mol. The number of piperidine rings is 1. The topological polar surface area (TPSA) is 67.6 Å². The lowest BCUT2D eigenvalue weighted by Gasteiger charge is -2.33. The smallest absolute Gasteiger partial charge is 0.249 e. The van der Waals surface area contributed by atoms with Gasteiger partial charge in [-0.2, -0.15) is 0 Å². The summed E-state index contributed by atoms with van der Waals surface area (Å²) in [6.45, 7) is 3.40. The van der Waals surface area contributed by atoms with Crippen molar-refractivity contribution >= 4 is 5.91 Å². The van der Waals surface area contributed by atoms with Gasteiger partial charge in [0.25, 0.3) is 0 Å². The van der Waals surface area contributed by atoms with Crippen molar-refractivity contribution in [3.63, 3.8) is 0 Å². The van der Waals surface area contributed by atoms with Gasteiger partial charge in [-0.1, -0.05) is 6.07 Å². The van der Waals surface area contributed by atoms with Crippen molar-refractivity contribution < 1.29 is 13.9 Å². The number of hydrogen-bond donors (Lipinski definition) is 1. The Morgan fingerprint density at radius 2 is 2.31 bits per heavy atom. The number of aromatic nitrogens is 1. The number of furan rings is 1. The molecule has 2 aliphatic heterocycles. The molecule has 138 valence electrons. The van der Waals surface area contributed by atoms with Crippen molar-refractivity contribution in [2.45, 2.75) is 38.0 Å². The summed E-state index contributed by atoms with van der Waals surface area (Å²) >= 11 is 0. The summed E-state index contributed by atoms with van der Waals surface area (Å²) in [7, 11) is 0. The van der Waals surface area contributed by atoms with E-state index in [0.717, 1.165) is 44.6 Å². The molecule has 2 aliphatic rings. The molecule has 6 nitrogen and oxygen atoms in total. The van der Waals surface area contributed by atoms with Gasteiger partial charge in [0, 0.05) is 43.5 Å². The van der Waals surface area contributed by atoms with Crippen molar-refractivity contribution in [3.05, 3.63) is 54.2 Å². The molecule has 2 aromatic heterocycles. The van der Waals surface area contributed by atoms with Crippen LogP contribution >= 0.6 is 0 Å². The van der Waals surface area contributed by atoms with Crippen LogP contribution in [0.25, 0.3) is 0 Å². The molecule has 2 fully saturated rings. The van der Waals surface area contributed by atoms with Gasteiger partial charge in [0.2, 0.25) is 5.91 Å². The van der Waals surface area contributed by atoms with Crippen LogP contribution in [0.3, 0.4) is 0 Å². The van der Waals surface area contributed by atoms with E-state index in [1.807, 2.05) is 24.3 Å². The van der Waals surface area contributed by atoms with Crippen LogP contribution in [0.4, 0.5) is 0 Å². The highest BCUT2D eigenvalue weighted by atomic mass is 16.5. The third-order valence-electron chi connectivity index (χ3n) is 5.32. The Morgan fingerprint density at radius 1 is 1.35 bits per heavy atom. The predicted octanol–water partition coefficient (Wildman–Crippen LogP) is 2.01. The van der Waals surface area contributed by atoms with Crippen LogP contribution in [0, 0.1) is 5.92 Å². The van der Waals surface area contributed by atoms with Crippen LogP contribution in [-0.2, 0) is 22.5 Å². The number of rotatable bonds is 6. The fourth-order valence-electron chi connectivity index (χ4n) is 3.92. The summed E-state index contributed by atoms with van der Waals surface area (Å²) in [6.07, 6.45) is 7.77. The van der Waals surface area contributed by atoms with Crippen molar-refractivity contribution in [2.24, 2.45) is 5.92 Å². The number of ether oxygens (including phenoxy) is 1. The van der Waals surface area contributed by atoms with E-state index in [9.17, 15) is 4.79 Å². The number of amides is 1. The zero-order valence-corrected chi connectivity index (χ0v) is 14.8. The average molecular weight is 355 g/mol. The third-order valence-corrected chi connectivity index (χ3v) is 5.32. The molecule has 2 saturated heterocycles. The summed E-state index contributed by atoms with van der Waals surface area (Å²) in [4.78, 5) is 19.1. The van der Waals surface area contributed by atoms with E-state index < -0.39 is 0 Å². The van der Waals surface area contributed by atoms with E-state index >= 15 is 0 Å². The molecule has 0 bridgehead atoms. The first-order valence-electron chi connectivity index (χ1n) is 9.34. The number of likely N-dealkylation sites (tertiary alicyclic amines) is 1. The largest absolute Gasteiger partial charge is 0.472 e. The van der Waals surface area contributed by atoms with E-state index in [-0.39, 0.29) is 18.1 Å². The minimum absolute atomic E-state index is 0.0108. The number of carbonyl (C=O) groups excluding carboxylic acids is 1. The fourth-order valence-corrected chi connectivity index (χ4v) is 3.92. The van der Waals surface area contributed by atoms with Crippen LogP contribution in [-0.4, -0.2) is 47.6 Å². The number of hydrogen-bond acceptors (Lipinski definition) is 5. The van der Waals surface area contributed by atoms with Crippen LogP contribution in [0.15, 0.2) is 47.4 Å². The molecule has 26 heavy (non-hydrogen) atoms. The Labute approximate surface area is 153 Å². The molecule has 4 heterocycles. The van der Waals surface area contributed by atoms with Gasteiger partial charge in [-0.05, 0) is 43.5 Å². The van der Waals surface area contributed by atoms with Crippen molar-refractivity contribution in [1.82, 2.24) is 15.2 Å². The van der Waals surface area contributed by atoms with Gasteiger partial charge < -0.3 is 14.5 Å². The maximum atomic E-state index is 12.4. The minimum atomic E-state index is -0.317. The fraction of sp³-hybridized carbons (Fsp3) is 0.500. The van der Waals surface area contributed by atoms with Crippen LogP contribution < -0.4 is 5.32 Å². The van der Waals surface area contributed by atoms with Gasteiger partial charge in [-0.25, -0.2) is 0 Å². The van der Waals surface area contributed by atoms with E-state index in [1.165, 1.54) is 5.56 Å². The molecule has 0 radical (unpaired) electrons. The molecule has 0 spiro atoms. The highest BCUT2D eigenvalue weighted by molar-refractivity contribution is 5.81. The standard InChI is InChI=1S/C20H25N3O3/c24-20(22-8-4-17-3-1-2-7-21-17)18-11-16-5-9-23(13-19(16)26-18)12-15-6-10-25-14-15/h1-3,6-7,10,14,16,18-19H,4-5,8-9,11-13H2,(H,22,24)/t16-,18+,19-/m1/s1. The first-order chi connectivity index (χ1) is 12.8. The van der Waals surface area contributed by atoms with E-state index in [1.54, 1.807) is 18.7 Å². The minimum Gasteiger partial charge on any atom is -0.472 e. The van der Waals surface area contributed by atoms with Gasteiger partial charge in [-0.15, -0.1) is 0 Å². The molecule has 1 N–H and O–H groups in total. The normalized spacial score (nSPS) is 25.8. The summed E-state index contributed by atoms with van der Waals surface area (Å²) < 4.78 is 11.2. The summed E-state index contributed by atoms with van der Waals surface area (Å²) in [5.41, 5.74) is 2.17. The highest BCUT2D eigenvalue weighted by Gasteiger charge is 2.41. The first-order valence-corrected chi connectivity index (χ1v) is 9.34. The zero-order chi connectivity index (χ0) is 17.8. The molecule has 1 amide bonds. The molecule has 0 unspecified atom stereocenters. The molecular weight excluding hydrogens is 330 g/mol. The number of pyridine rings is 1. The lowest BCUT2D eigenvalue weighted by molar-refractivity contribution is -0.132. The summed E-state index contributed by atoms with van der Waals surface area (Å²) in [5, 5.41) is 3.00. The maximum absolute atomic E-state index is 12.4. The van der Waals surface area contributed by atoms with Gasteiger partial charge in [0.05, 0.1) is 18.6 Å². The van der Waals surface area contributed by atoms with Gasteiger partial charge in [0.15, 0.2) is 0 Å². The Bertz CT molecular complexity index is 704. The number of nitrogens with zero attached hydrogens (tertiary/aromatic N) is 2. The van der Waals surface area contributed by atoms with Crippen LogP contribution in [0.2, 0.25) is 0 Å². The number of carbonyl (C=O) groups is 1. The van der Waals surface area contributed by atoms with E-state index in [2.05, 4.69) is 15.2 Å². The molecule has 6 heteroatoms. The Hall–Kier alpha value is -2.18. The van der Waals surface area contributed by atoms with Crippen molar-refractivity contribution in [1.29, 1.82) is 0 Å². The van der Waals surface area contributed by atoms with E-state index in [4.69, 9.17) is 9.15 Å². The second kappa shape index (κ2) is 8.01. The van der Waals surface area contributed by atoms with Gasteiger partial charge in [0.1, 0.15) is 6.10 Å². The molecule has 0 saturated carbocycles. The summed E-state index contributed by atoms with van der Waals surface area (Å²) in [5.74, 6) is 0.499. The second-order valence-corrected chi connectivity index (χ2v) is 7.18. The third kappa shape index (κ3) is 4.14. The molecule has 2 aromatic rings. The average Bonchev–Trinajstić information content (AvgIpc) is 3.32. The Kier molecular flexibility index (Phi) is 5.32. The zero-order valence-electron chi connectivity index (χ0n) is 14.8. The van der Waals surface area contributed by atoms with E-state index in [0.29, 0.717) is 12.5 Å². The molecule has 4 rings (SSSR count). The second-order valence-electron chi connectivity index (χ2n) is 7.18. The van der Waals surface area contributed by atoms with Gasteiger partial charge >= 0.3 is 0 Å². The van der Waals surface area contributed by atoms with Crippen LogP contribution in [0.1, 0.15) is 24.1 Å². The van der Waals surface area contributed by atoms with Crippen molar-refractivity contribution in [3.8, 4) is 0 Å². The monoisotopic (exact) mass is 355 g/mol. The first kappa shape index (κ1) is 17.2. The van der Waals surface area contributed by atoms with Crippen molar-refractivity contribution in [2.75, 3.05) is 19.6 Å². The maximum Gasteiger partial charge on any atom is 0.249 e. The number of fused-ring (bicyclic) bond motifs is 1. The Balaban J connectivity index is 1.23. The molecule has 0 aromatic carbocycles. The van der Waals surface area contributed by atoms with Gasteiger partial charge in [-0.3, -0.25) is 14.7 Å². The molecule has 0 aliphatic carbocycles. The quantitative estimate of drug-likeness (QED) is 0.859. The Morgan fingerprint density at radius 3 is 3.12 bits per heavy atom. The lowest BCUT2D eigenvalue weighted by atomic mass is 9.91. The summed E-state index contributed by atoms with van der Waals surface area (Å²) in [6, 6.07) is 7.83. The SMILES string of the molecule is O=C(NCCc1ccccn1)[C@@H]1C[C@H]2CCN(Cc3ccoc3)C[C@H]2O1. The highest BCUT2D eigenvalue weighted by Crippen LogP contribution is 2.33. The van der Waals surface area contributed by atoms with Crippen LogP contribution in [0.5, 0.6) is 0 Å². The molecule has 3 atom stereocenters. The number of nitrogens with one attached hydrogen (secondary N) is 1.